The van der Waals surface area contributed by atoms with Crippen molar-refractivity contribution < 1.29 is 9.18 Å². The minimum absolute atomic E-state index is 0.125. The average Bonchev–Trinajstić information content (AvgIpc) is 2.34. The van der Waals surface area contributed by atoms with E-state index in [0.717, 1.165) is 6.20 Å². The van der Waals surface area contributed by atoms with Gasteiger partial charge in [0.05, 0.1) is 6.20 Å². The van der Waals surface area contributed by atoms with Gasteiger partial charge in [0.15, 0.2) is 11.6 Å². The Kier molecular flexibility index (Phi) is 3.08. The van der Waals surface area contributed by atoms with E-state index in [-0.39, 0.29) is 11.7 Å². The van der Waals surface area contributed by atoms with Crippen molar-refractivity contribution in [1.82, 2.24) is 15.3 Å². The summed E-state index contributed by atoms with van der Waals surface area (Å²) >= 11 is 0. The second-order valence-corrected chi connectivity index (χ2v) is 3.78. The topological polar surface area (TPSA) is 70.2 Å². The highest BCUT2D eigenvalue weighted by Gasteiger charge is 2.28. The lowest BCUT2D eigenvalue weighted by Crippen LogP contribution is -2.54. The van der Waals surface area contributed by atoms with Crippen molar-refractivity contribution in [3.8, 4) is 0 Å². The molecule has 0 radical (unpaired) electrons. The van der Waals surface area contributed by atoms with Crippen LogP contribution in [-0.2, 0) is 4.79 Å². The maximum Gasteiger partial charge on any atom is 0.242 e. The zero-order valence-corrected chi connectivity index (χ0v) is 9.70. The van der Waals surface area contributed by atoms with Gasteiger partial charge in [-0.05, 0) is 6.92 Å². The van der Waals surface area contributed by atoms with Crippen LogP contribution >= 0.6 is 0 Å². The molecule has 0 aromatic carbocycles. The number of hydrogen-bond acceptors (Lipinski definition) is 5. The van der Waals surface area contributed by atoms with Crippen molar-refractivity contribution in [2.45, 2.75) is 13.0 Å². The number of piperazine rings is 1. The molecule has 1 aliphatic rings. The molecular weight excluding hydrogens is 225 g/mol. The van der Waals surface area contributed by atoms with Crippen molar-refractivity contribution in [3.05, 3.63) is 12.0 Å². The number of amides is 1. The summed E-state index contributed by atoms with van der Waals surface area (Å²) in [6.45, 7) is 2.74. The molecule has 0 aliphatic carbocycles. The van der Waals surface area contributed by atoms with Crippen LogP contribution in [0.15, 0.2) is 6.20 Å². The Bertz CT molecular complexity index is 439. The summed E-state index contributed by atoms with van der Waals surface area (Å²) in [7, 11) is 1.66. The van der Waals surface area contributed by atoms with E-state index in [1.54, 1.807) is 18.9 Å². The number of anilines is 2. The van der Waals surface area contributed by atoms with Gasteiger partial charge in [-0.25, -0.2) is 9.37 Å². The van der Waals surface area contributed by atoms with Crippen LogP contribution in [0, 0.1) is 5.82 Å². The summed E-state index contributed by atoms with van der Waals surface area (Å²) in [4.78, 5) is 21.0. The molecule has 92 valence electrons. The van der Waals surface area contributed by atoms with Gasteiger partial charge in [0.1, 0.15) is 6.04 Å². The van der Waals surface area contributed by atoms with E-state index >= 15 is 0 Å². The number of halogens is 1. The van der Waals surface area contributed by atoms with Crippen LogP contribution in [0.1, 0.15) is 6.92 Å². The van der Waals surface area contributed by atoms with Crippen LogP contribution in [0.2, 0.25) is 0 Å². The molecule has 0 saturated carbocycles. The first-order valence-corrected chi connectivity index (χ1v) is 5.38. The number of hydrogen-bond donors (Lipinski definition) is 2. The predicted molar refractivity (Wildman–Crippen MR) is 61.4 cm³/mol. The SMILES string of the molecule is CNc1ncc(F)c(N2CCNC(=O)C2C)n1. The molecule has 0 spiro atoms. The number of nitrogens with zero attached hydrogens (tertiary/aromatic N) is 3. The molecule has 1 aliphatic heterocycles. The fraction of sp³-hybridized carbons (Fsp3) is 0.500. The zero-order valence-electron chi connectivity index (χ0n) is 9.70. The smallest absolute Gasteiger partial charge is 0.242 e. The highest BCUT2D eigenvalue weighted by atomic mass is 19.1. The van der Waals surface area contributed by atoms with Gasteiger partial charge in [-0.3, -0.25) is 4.79 Å². The van der Waals surface area contributed by atoms with Crippen LogP contribution < -0.4 is 15.5 Å². The van der Waals surface area contributed by atoms with Gasteiger partial charge in [0.25, 0.3) is 0 Å². The summed E-state index contributed by atoms with van der Waals surface area (Å²) in [5.74, 6) is -0.155. The van der Waals surface area contributed by atoms with Crippen molar-refractivity contribution in [2.24, 2.45) is 0 Å². The Morgan fingerprint density at radius 2 is 2.41 bits per heavy atom. The molecule has 1 amide bonds. The van der Waals surface area contributed by atoms with Crippen molar-refractivity contribution in [1.29, 1.82) is 0 Å². The van der Waals surface area contributed by atoms with Crippen molar-refractivity contribution in [2.75, 3.05) is 30.4 Å². The number of rotatable bonds is 2. The highest BCUT2D eigenvalue weighted by Crippen LogP contribution is 2.20. The van der Waals surface area contributed by atoms with Crippen LogP contribution in [0.4, 0.5) is 16.2 Å². The summed E-state index contributed by atoms with van der Waals surface area (Å²) < 4.78 is 13.7. The van der Waals surface area contributed by atoms with E-state index in [1.165, 1.54) is 0 Å². The Morgan fingerprint density at radius 1 is 1.65 bits per heavy atom. The normalized spacial score (nSPS) is 20.1. The molecule has 6 nitrogen and oxygen atoms in total. The predicted octanol–water partition coefficient (Wildman–Crippen LogP) is -0.0179. The van der Waals surface area contributed by atoms with Gasteiger partial charge in [-0.2, -0.15) is 4.98 Å². The molecule has 0 bridgehead atoms. The quantitative estimate of drug-likeness (QED) is 0.759. The van der Waals surface area contributed by atoms with Gasteiger partial charge < -0.3 is 15.5 Å². The van der Waals surface area contributed by atoms with Crippen LogP contribution in [-0.4, -0.2) is 42.1 Å². The molecule has 1 fully saturated rings. The first-order valence-electron chi connectivity index (χ1n) is 5.38. The fourth-order valence-corrected chi connectivity index (χ4v) is 1.75. The van der Waals surface area contributed by atoms with Crippen LogP contribution in [0.5, 0.6) is 0 Å². The van der Waals surface area contributed by atoms with E-state index in [1.807, 2.05) is 0 Å². The van der Waals surface area contributed by atoms with Gasteiger partial charge in [0.2, 0.25) is 11.9 Å². The third kappa shape index (κ3) is 2.13. The van der Waals surface area contributed by atoms with Crippen LogP contribution in [0.25, 0.3) is 0 Å². The minimum Gasteiger partial charge on any atom is -0.357 e. The highest BCUT2D eigenvalue weighted by molar-refractivity contribution is 5.85. The third-order valence-electron chi connectivity index (χ3n) is 2.72. The number of carbonyl (C=O) groups is 1. The lowest BCUT2D eigenvalue weighted by Gasteiger charge is -2.33. The Labute approximate surface area is 98.2 Å². The standard InChI is InChI=1S/C10H14FN5O/c1-6-9(17)13-3-4-16(6)8-7(11)5-14-10(12-2)15-8/h5-6H,3-4H2,1-2H3,(H,13,17)(H,12,14,15). The summed E-state index contributed by atoms with van der Waals surface area (Å²) in [5, 5.41) is 5.46. The Morgan fingerprint density at radius 3 is 3.12 bits per heavy atom. The molecule has 1 aromatic heterocycles. The van der Waals surface area contributed by atoms with Gasteiger partial charge in [-0.1, -0.05) is 0 Å². The molecular formula is C10H14FN5O. The molecule has 17 heavy (non-hydrogen) atoms. The van der Waals surface area contributed by atoms with Crippen LogP contribution in [0.3, 0.4) is 0 Å². The second-order valence-electron chi connectivity index (χ2n) is 3.78. The molecule has 2 heterocycles. The molecule has 7 heteroatoms. The maximum absolute atomic E-state index is 13.7. The number of carbonyl (C=O) groups excluding carboxylic acids is 1. The number of aromatic nitrogens is 2. The molecule has 1 unspecified atom stereocenters. The lowest BCUT2D eigenvalue weighted by atomic mass is 10.2. The molecule has 2 rings (SSSR count). The van der Waals surface area contributed by atoms with E-state index in [9.17, 15) is 9.18 Å². The molecule has 1 atom stereocenters. The van der Waals surface area contributed by atoms with E-state index < -0.39 is 11.9 Å². The minimum atomic E-state index is -0.523. The second kappa shape index (κ2) is 4.52. The molecule has 1 saturated heterocycles. The van der Waals surface area contributed by atoms with Gasteiger partial charge >= 0.3 is 0 Å². The first-order chi connectivity index (χ1) is 8.13. The average molecular weight is 239 g/mol. The Hall–Kier alpha value is -1.92. The number of nitrogens with one attached hydrogen (secondary N) is 2. The summed E-state index contributed by atoms with van der Waals surface area (Å²) in [5.41, 5.74) is 0. The first kappa shape index (κ1) is 11.6. The molecule has 2 N–H and O–H groups in total. The van der Waals surface area contributed by atoms with E-state index in [0.29, 0.717) is 19.0 Å². The zero-order chi connectivity index (χ0) is 12.4. The van der Waals surface area contributed by atoms with Gasteiger partial charge in [-0.15, -0.1) is 0 Å². The molecule has 1 aromatic rings. The monoisotopic (exact) mass is 239 g/mol. The van der Waals surface area contributed by atoms with Crippen molar-refractivity contribution in [3.63, 3.8) is 0 Å². The van der Waals surface area contributed by atoms with Crippen molar-refractivity contribution >= 4 is 17.7 Å². The fourth-order valence-electron chi connectivity index (χ4n) is 1.75. The largest absolute Gasteiger partial charge is 0.357 e. The third-order valence-corrected chi connectivity index (χ3v) is 2.72. The van der Waals surface area contributed by atoms with Gasteiger partial charge in [0, 0.05) is 20.1 Å². The van der Waals surface area contributed by atoms with E-state index in [4.69, 9.17) is 0 Å². The lowest BCUT2D eigenvalue weighted by molar-refractivity contribution is -0.122. The summed E-state index contributed by atoms with van der Waals surface area (Å²) in [6, 6.07) is -0.433. The summed E-state index contributed by atoms with van der Waals surface area (Å²) in [6.07, 6.45) is 1.10. The van der Waals surface area contributed by atoms with E-state index in [2.05, 4.69) is 20.6 Å². The maximum atomic E-state index is 13.7. The Balaban J connectivity index is 2.34.